The van der Waals surface area contributed by atoms with E-state index in [0.717, 1.165) is 25.1 Å². The van der Waals surface area contributed by atoms with Crippen LogP contribution in [0.15, 0.2) is 78.9 Å². The minimum atomic E-state index is 0.326. The molecule has 1 aliphatic carbocycles. The number of anilines is 1. The van der Waals surface area contributed by atoms with E-state index >= 15 is 0 Å². The van der Waals surface area contributed by atoms with E-state index in [1.165, 1.54) is 39.8 Å². The summed E-state index contributed by atoms with van der Waals surface area (Å²) in [6, 6.07) is 28.2. The van der Waals surface area contributed by atoms with Crippen molar-refractivity contribution in [3.63, 3.8) is 0 Å². The molecule has 3 aromatic carbocycles. The van der Waals surface area contributed by atoms with Gasteiger partial charge in [0.25, 0.3) is 0 Å². The molecule has 3 nitrogen and oxygen atoms in total. The number of aryl methyl sites for hydroxylation is 1. The number of hydrogen-bond donors (Lipinski definition) is 1. The minimum Gasteiger partial charge on any atom is -0.497 e. The highest BCUT2D eigenvalue weighted by Crippen LogP contribution is 2.39. The molecule has 1 aromatic heterocycles. The van der Waals surface area contributed by atoms with E-state index in [0.29, 0.717) is 6.04 Å². The standard InChI is InChI=1S/C26H26N2O/c1-29-21-16-14-19(15-17-21)18-28-25-13-6-5-10-22(25)23-11-7-12-24(26(23)28)27-20-8-3-2-4-9-20/h2-6,8-10,13-17,24,27H,7,11-12,18H2,1H3. The number of fused-ring (bicyclic) bond motifs is 3. The summed E-state index contributed by atoms with van der Waals surface area (Å²) in [5.74, 6) is 0.900. The molecule has 1 heterocycles. The zero-order chi connectivity index (χ0) is 19.6. The predicted octanol–water partition coefficient (Wildman–Crippen LogP) is 6.19. The third kappa shape index (κ3) is 3.38. The van der Waals surface area contributed by atoms with Gasteiger partial charge >= 0.3 is 0 Å². The molecule has 1 N–H and O–H groups in total. The van der Waals surface area contributed by atoms with Crippen molar-refractivity contribution in [2.45, 2.75) is 31.8 Å². The first kappa shape index (κ1) is 17.9. The Morgan fingerprint density at radius 2 is 1.69 bits per heavy atom. The maximum atomic E-state index is 5.33. The first-order valence-corrected chi connectivity index (χ1v) is 10.4. The van der Waals surface area contributed by atoms with Crippen LogP contribution in [0.3, 0.4) is 0 Å². The molecule has 3 heteroatoms. The molecular formula is C26H26N2O. The van der Waals surface area contributed by atoms with Crippen LogP contribution in [0.5, 0.6) is 5.75 Å². The third-order valence-corrected chi connectivity index (χ3v) is 5.98. The number of methoxy groups -OCH3 is 1. The van der Waals surface area contributed by atoms with Crippen LogP contribution in [0.1, 0.15) is 35.7 Å². The van der Waals surface area contributed by atoms with Gasteiger partial charge in [-0.15, -0.1) is 0 Å². The SMILES string of the molecule is COc1ccc(Cn2c3c(c4ccccc42)CCCC3Nc2ccccc2)cc1. The smallest absolute Gasteiger partial charge is 0.118 e. The van der Waals surface area contributed by atoms with Gasteiger partial charge in [0.1, 0.15) is 5.75 Å². The number of hydrogen-bond acceptors (Lipinski definition) is 2. The summed E-state index contributed by atoms with van der Waals surface area (Å²) in [6.07, 6.45) is 3.52. The van der Waals surface area contributed by atoms with Crippen molar-refractivity contribution in [2.75, 3.05) is 12.4 Å². The largest absolute Gasteiger partial charge is 0.497 e. The van der Waals surface area contributed by atoms with Gasteiger partial charge in [0.2, 0.25) is 0 Å². The molecule has 5 rings (SSSR count). The second kappa shape index (κ2) is 7.67. The summed E-state index contributed by atoms with van der Waals surface area (Å²) in [5.41, 5.74) is 6.76. The highest BCUT2D eigenvalue weighted by molar-refractivity contribution is 5.86. The molecule has 0 bridgehead atoms. The van der Waals surface area contributed by atoms with E-state index in [9.17, 15) is 0 Å². The number of aromatic nitrogens is 1. The summed E-state index contributed by atoms with van der Waals surface area (Å²) < 4.78 is 7.85. The predicted molar refractivity (Wildman–Crippen MR) is 120 cm³/mol. The highest BCUT2D eigenvalue weighted by Gasteiger charge is 2.27. The Balaban J connectivity index is 1.59. The van der Waals surface area contributed by atoms with Crippen LogP contribution in [-0.4, -0.2) is 11.7 Å². The second-order valence-electron chi connectivity index (χ2n) is 7.77. The van der Waals surface area contributed by atoms with Crippen LogP contribution < -0.4 is 10.1 Å². The van der Waals surface area contributed by atoms with Gasteiger partial charge in [-0.05, 0) is 60.7 Å². The lowest BCUT2D eigenvalue weighted by Crippen LogP contribution is -2.21. The Kier molecular flexibility index (Phi) is 4.73. The molecule has 0 aliphatic heterocycles. The van der Waals surface area contributed by atoms with Gasteiger partial charge in [-0.2, -0.15) is 0 Å². The molecule has 1 atom stereocenters. The van der Waals surface area contributed by atoms with Crippen molar-refractivity contribution in [1.82, 2.24) is 4.57 Å². The van der Waals surface area contributed by atoms with Gasteiger partial charge < -0.3 is 14.6 Å². The Labute approximate surface area is 171 Å². The topological polar surface area (TPSA) is 26.2 Å². The highest BCUT2D eigenvalue weighted by atomic mass is 16.5. The van der Waals surface area contributed by atoms with Crippen LogP contribution >= 0.6 is 0 Å². The van der Waals surface area contributed by atoms with Gasteiger partial charge in [0, 0.05) is 28.8 Å². The van der Waals surface area contributed by atoms with Crippen molar-refractivity contribution in [2.24, 2.45) is 0 Å². The zero-order valence-corrected chi connectivity index (χ0v) is 16.8. The van der Waals surface area contributed by atoms with Gasteiger partial charge in [-0.3, -0.25) is 0 Å². The van der Waals surface area contributed by atoms with Crippen molar-refractivity contribution < 1.29 is 4.74 Å². The Morgan fingerprint density at radius 1 is 0.931 bits per heavy atom. The average molecular weight is 383 g/mol. The monoisotopic (exact) mass is 382 g/mol. The first-order valence-electron chi connectivity index (χ1n) is 10.4. The molecule has 4 aromatic rings. The van der Waals surface area contributed by atoms with E-state index in [4.69, 9.17) is 4.74 Å². The number of ether oxygens (including phenoxy) is 1. The molecule has 1 aliphatic rings. The van der Waals surface area contributed by atoms with Crippen LogP contribution in [0.4, 0.5) is 5.69 Å². The molecule has 146 valence electrons. The molecule has 0 radical (unpaired) electrons. The van der Waals surface area contributed by atoms with E-state index in [1.54, 1.807) is 7.11 Å². The molecule has 0 saturated heterocycles. The molecule has 0 amide bonds. The van der Waals surface area contributed by atoms with Crippen molar-refractivity contribution in [3.05, 3.63) is 95.7 Å². The quantitative estimate of drug-likeness (QED) is 0.445. The first-order chi connectivity index (χ1) is 14.3. The van der Waals surface area contributed by atoms with Crippen LogP contribution in [-0.2, 0) is 13.0 Å². The summed E-state index contributed by atoms with van der Waals surface area (Å²) in [5, 5.41) is 5.20. The third-order valence-electron chi connectivity index (χ3n) is 5.98. The lowest BCUT2D eigenvalue weighted by atomic mass is 9.91. The molecule has 0 fully saturated rings. The van der Waals surface area contributed by atoms with Gasteiger partial charge in [0.05, 0.1) is 13.2 Å². The normalized spacial score (nSPS) is 15.8. The van der Waals surface area contributed by atoms with E-state index in [2.05, 4.69) is 76.6 Å². The van der Waals surface area contributed by atoms with Crippen LogP contribution in [0.25, 0.3) is 10.9 Å². The van der Waals surface area contributed by atoms with Crippen LogP contribution in [0.2, 0.25) is 0 Å². The molecule has 1 unspecified atom stereocenters. The fourth-order valence-corrected chi connectivity index (χ4v) is 4.64. The van der Waals surface area contributed by atoms with Crippen molar-refractivity contribution in [3.8, 4) is 5.75 Å². The zero-order valence-electron chi connectivity index (χ0n) is 16.8. The van der Waals surface area contributed by atoms with Gasteiger partial charge in [-0.25, -0.2) is 0 Å². The molecule has 0 spiro atoms. The Hall–Kier alpha value is -3.20. The van der Waals surface area contributed by atoms with E-state index in [1.807, 2.05) is 12.1 Å². The van der Waals surface area contributed by atoms with E-state index < -0.39 is 0 Å². The maximum absolute atomic E-state index is 5.33. The summed E-state index contributed by atoms with van der Waals surface area (Å²) in [4.78, 5) is 0. The Morgan fingerprint density at radius 3 is 2.48 bits per heavy atom. The number of benzene rings is 3. The lowest BCUT2D eigenvalue weighted by Gasteiger charge is -2.27. The fraction of sp³-hybridized carbons (Fsp3) is 0.231. The Bertz CT molecular complexity index is 1110. The number of nitrogens with zero attached hydrogens (tertiary/aromatic N) is 1. The van der Waals surface area contributed by atoms with Gasteiger partial charge in [0.15, 0.2) is 0 Å². The van der Waals surface area contributed by atoms with Crippen molar-refractivity contribution in [1.29, 1.82) is 0 Å². The number of nitrogens with one attached hydrogen (secondary N) is 1. The number of rotatable bonds is 5. The summed E-state index contributed by atoms with van der Waals surface area (Å²) >= 11 is 0. The number of para-hydroxylation sites is 2. The summed E-state index contributed by atoms with van der Waals surface area (Å²) in [7, 11) is 1.71. The fourth-order valence-electron chi connectivity index (χ4n) is 4.64. The van der Waals surface area contributed by atoms with Gasteiger partial charge in [-0.1, -0.05) is 48.5 Å². The lowest BCUT2D eigenvalue weighted by molar-refractivity contribution is 0.414. The van der Waals surface area contributed by atoms with E-state index in [-0.39, 0.29) is 0 Å². The minimum absolute atomic E-state index is 0.326. The second-order valence-corrected chi connectivity index (χ2v) is 7.77. The maximum Gasteiger partial charge on any atom is 0.118 e. The summed E-state index contributed by atoms with van der Waals surface area (Å²) in [6.45, 7) is 0.868. The molecule has 29 heavy (non-hydrogen) atoms. The average Bonchev–Trinajstić information content (AvgIpc) is 3.10. The van der Waals surface area contributed by atoms with Crippen LogP contribution in [0, 0.1) is 0 Å². The molecule has 0 saturated carbocycles. The molecular weight excluding hydrogens is 356 g/mol. The van der Waals surface area contributed by atoms with Crippen molar-refractivity contribution >= 4 is 16.6 Å².